The predicted octanol–water partition coefficient (Wildman–Crippen LogP) is 6.30. The van der Waals surface area contributed by atoms with Crippen molar-refractivity contribution < 1.29 is 0 Å². The molecule has 0 aliphatic rings. The van der Waals surface area contributed by atoms with Gasteiger partial charge in [-0.25, -0.2) is 0 Å². The van der Waals surface area contributed by atoms with Crippen LogP contribution >= 0.6 is 23.2 Å². The summed E-state index contributed by atoms with van der Waals surface area (Å²) >= 11 is 13.1. The number of rotatable bonds is 3. The molecule has 2 rings (SSSR count). The van der Waals surface area contributed by atoms with Crippen LogP contribution in [0.5, 0.6) is 0 Å². The van der Waals surface area contributed by atoms with E-state index in [9.17, 15) is 0 Å². The van der Waals surface area contributed by atoms with Gasteiger partial charge in [-0.15, -0.1) is 0 Å². The third kappa shape index (κ3) is 2.84. The molecule has 0 aliphatic carbocycles. The van der Waals surface area contributed by atoms with Crippen molar-refractivity contribution in [1.29, 1.82) is 0 Å². The van der Waals surface area contributed by atoms with Gasteiger partial charge >= 0.3 is 0 Å². The molecule has 0 atom stereocenters. The summed E-state index contributed by atoms with van der Waals surface area (Å²) in [6, 6.07) is 7.87. The van der Waals surface area contributed by atoms with Gasteiger partial charge in [-0.1, -0.05) is 57.0 Å². The van der Waals surface area contributed by atoms with E-state index in [2.05, 4.69) is 32.7 Å². The van der Waals surface area contributed by atoms with E-state index in [1.54, 1.807) is 6.20 Å². The van der Waals surface area contributed by atoms with Crippen LogP contribution in [-0.2, 0) is 0 Å². The van der Waals surface area contributed by atoms with E-state index < -0.39 is 0 Å². The Morgan fingerprint density at radius 1 is 0.950 bits per heavy atom. The average molecular weight is 308 g/mol. The SMILES string of the molecule is CC(C)c1c(Cl)cc(-c2ccccn2)c(C(C)C)c1Cl. The van der Waals surface area contributed by atoms with Crippen molar-refractivity contribution in [3.8, 4) is 11.3 Å². The van der Waals surface area contributed by atoms with Crippen LogP contribution in [-0.4, -0.2) is 4.98 Å². The van der Waals surface area contributed by atoms with E-state index in [-0.39, 0.29) is 0 Å². The smallest absolute Gasteiger partial charge is 0.0705 e. The van der Waals surface area contributed by atoms with Gasteiger partial charge in [0.05, 0.1) is 5.69 Å². The Morgan fingerprint density at radius 2 is 1.60 bits per heavy atom. The van der Waals surface area contributed by atoms with Crippen molar-refractivity contribution in [2.24, 2.45) is 0 Å². The Labute approximate surface area is 131 Å². The summed E-state index contributed by atoms with van der Waals surface area (Å²) in [5.41, 5.74) is 4.09. The second-order valence-corrected chi connectivity index (χ2v) is 6.36. The lowest BCUT2D eigenvalue weighted by atomic mass is 9.89. The molecule has 0 unspecified atom stereocenters. The molecule has 3 heteroatoms. The summed E-state index contributed by atoms with van der Waals surface area (Å²) in [6.45, 7) is 8.51. The summed E-state index contributed by atoms with van der Waals surface area (Å²) < 4.78 is 0. The number of nitrogens with zero attached hydrogens (tertiary/aromatic N) is 1. The van der Waals surface area contributed by atoms with E-state index in [1.807, 2.05) is 24.3 Å². The lowest BCUT2D eigenvalue weighted by Gasteiger charge is -2.20. The molecular formula is C17H19Cl2N. The van der Waals surface area contributed by atoms with Gasteiger partial charge in [-0.2, -0.15) is 0 Å². The maximum absolute atomic E-state index is 6.65. The van der Waals surface area contributed by atoms with Crippen LogP contribution in [0, 0.1) is 0 Å². The first-order valence-electron chi connectivity index (χ1n) is 6.86. The number of hydrogen-bond acceptors (Lipinski definition) is 1. The minimum atomic E-state index is 0.297. The number of hydrogen-bond donors (Lipinski definition) is 0. The van der Waals surface area contributed by atoms with Gasteiger partial charge in [0.1, 0.15) is 0 Å². The highest BCUT2D eigenvalue weighted by Crippen LogP contribution is 2.42. The zero-order valence-corrected chi connectivity index (χ0v) is 13.8. The number of benzene rings is 1. The van der Waals surface area contributed by atoms with Gasteiger partial charge in [-0.05, 0) is 41.2 Å². The van der Waals surface area contributed by atoms with Crippen molar-refractivity contribution in [1.82, 2.24) is 4.98 Å². The lowest BCUT2D eigenvalue weighted by molar-refractivity contribution is 0.835. The Bertz CT molecular complexity index is 604. The molecule has 0 N–H and O–H groups in total. The van der Waals surface area contributed by atoms with E-state index in [0.29, 0.717) is 11.8 Å². The Morgan fingerprint density at radius 3 is 2.10 bits per heavy atom. The van der Waals surface area contributed by atoms with E-state index in [1.165, 1.54) is 0 Å². The van der Waals surface area contributed by atoms with Gasteiger partial charge < -0.3 is 0 Å². The standard InChI is InChI=1S/C17H19Cl2N/c1-10(2)15-12(14-7-5-6-8-20-14)9-13(18)16(11(3)4)17(15)19/h5-11H,1-4H3. The monoisotopic (exact) mass is 307 g/mol. The quantitative estimate of drug-likeness (QED) is 0.648. The molecule has 0 fully saturated rings. The van der Waals surface area contributed by atoms with Crippen LogP contribution in [0.2, 0.25) is 10.0 Å². The Balaban J connectivity index is 2.76. The van der Waals surface area contributed by atoms with Crippen LogP contribution in [0.25, 0.3) is 11.3 Å². The molecule has 1 aromatic heterocycles. The number of aromatic nitrogens is 1. The largest absolute Gasteiger partial charge is 0.256 e. The maximum atomic E-state index is 6.65. The topological polar surface area (TPSA) is 12.9 Å². The molecule has 0 saturated heterocycles. The zero-order valence-electron chi connectivity index (χ0n) is 12.2. The van der Waals surface area contributed by atoms with Crippen LogP contribution < -0.4 is 0 Å². The number of halogens is 2. The molecule has 0 radical (unpaired) electrons. The van der Waals surface area contributed by atoms with Gasteiger partial charge in [0.25, 0.3) is 0 Å². The van der Waals surface area contributed by atoms with Gasteiger partial charge in [0.15, 0.2) is 0 Å². The van der Waals surface area contributed by atoms with Gasteiger partial charge in [-0.3, -0.25) is 4.98 Å². The highest BCUT2D eigenvalue weighted by atomic mass is 35.5. The van der Waals surface area contributed by atoms with Gasteiger partial charge in [0.2, 0.25) is 0 Å². The summed E-state index contributed by atoms with van der Waals surface area (Å²) in [6.07, 6.45) is 1.79. The molecule has 0 spiro atoms. The van der Waals surface area contributed by atoms with Crippen LogP contribution in [0.3, 0.4) is 0 Å². The average Bonchev–Trinajstić information content (AvgIpc) is 2.38. The molecule has 0 aliphatic heterocycles. The molecule has 20 heavy (non-hydrogen) atoms. The molecular weight excluding hydrogens is 289 g/mol. The fraction of sp³-hybridized carbons (Fsp3) is 0.353. The van der Waals surface area contributed by atoms with E-state index >= 15 is 0 Å². The summed E-state index contributed by atoms with van der Waals surface area (Å²) in [4.78, 5) is 4.43. The molecule has 1 heterocycles. The van der Waals surface area contributed by atoms with Crippen LogP contribution in [0.1, 0.15) is 50.7 Å². The molecule has 0 amide bonds. The summed E-state index contributed by atoms with van der Waals surface area (Å²) in [7, 11) is 0. The second kappa shape index (κ2) is 6.15. The first kappa shape index (κ1) is 15.3. The minimum absolute atomic E-state index is 0.297. The normalized spacial score (nSPS) is 11.4. The fourth-order valence-electron chi connectivity index (χ4n) is 2.48. The van der Waals surface area contributed by atoms with E-state index in [0.717, 1.165) is 32.4 Å². The van der Waals surface area contributed by atoms with Crippen molar-refractivity contribution in [3.63, 3.8) is 0 Å². The highest BCUT2D eigenvalue weighted by Gasteiger charge is 2.21. The second-order valence-electron chi connectivity index (χ2n) is 5.57. The van der Waals surface area contributed by atoms with Crippen molar-refractivity contribution in [2.75, 3.05) is 0 Å². The summed E-state index contributed by atoms with van der Waals surface area (Å²) in [5.74, 6) is 0.611. The molecule has 2 aromatic rings. The first-order valence-corrected chi connectivity index (χ1v) is 7.62. The van der Waals surface area contributed by atoms with Crippen molar-refractivity contribution >= 4 is 23.2 Å². The predicted molar refractivity (Wildman–Crippen MR) is 87.9 cm³/mol. The highest BCUT2D eigenvalue weighted by molar-refractivity contribution is 6.37. The molecule has 1 nitrogen and oxygen atoms in total. The summed E-state index contributed by atoms with van der Waals surface area (Å²) in [5, 5.41) is 1.50. The van der Waals surface area contributed by atoms with Crippen LogP contribution in [0.4, 0.5) is 0 Å². The maximum Gasteiger partial charge on any atom is 0.0705 e. The lowest BCUT2D eigenvalue weighted by Crippen LogP contribution is -2.01. The molecule has 1 aromatic carbocycles. The first-order chi connectivity index (χ1) is 9.43. The zero-order chi connectivity index (χ0) is 14.9. The fourth-order valence-corrected chi connectivity index (χ4v) is 3.59. The third-order valence-electron chi connectivity index (χ3n) is 3.39. The third-order valence-corrected chi connectivity index (χ3v) is 4.11. The van der Waals surface area contributed by atoms with Crippen LogP contribution in [0.15, 0.2) is 30.5 Å². The number of pyridine rings is 1. The van der Waals surface area contributed by atoms with E-state index in [4.69, 9.17) is 23.2 Å². The molecule has 0 bridgehead atoms. The van der Waals surface area contributed by atoms with Gasteiger partial charge in [0, 0.05) is 21.8 Å². The molecule has 0 saturated carbocycles. The van der Waals surface area contributed by atoms with Crippen molar-refractivity contribution in [3.05, 3.63) is 51.6 Å². The molecule has 106 valence electrons. The van der Waals surface area contributed by atoms with Crippen molar-refractivity contribution in [2.45, 2.75) is 39.5 Å². The Kier molecular flexibility index (Phi) is 4.72. The minimum Gasteiger partial charge on any atom is -0.256 e. The Hall–Kier alpha value is -1.05.